The van der Waals surface area contributed by atoms with Crippen LogP contribution in [0.4, 0.5) is 0 Å². The first-order valence-electron chi connectivity index (χ1n) is 1.91. The third-order valence-electron chi connectivity index (χ3n) is 0.306. The molecule has 0 aromatic heterocycles. The number of nitrogens with one attached hydrogen (secondary N) is 2. The molecular formula is C4H8N2Se. The Balaban J connectivity index is 3.32. The second kappa shape index (κ2) is 2.94. The molecule has 0 aliphatic carbocycles. The normalized spacial score (nSPS) is 8.29. The molecule has 2 nitrogen and oxygen atoms in total. The van der Waals surface area contributed by atoms with Gasteiger partial charge in [0.2, 0.25) is 0 Å². The first kappa shape index (κ1) is 6.86. The Morgan fingerprint density at radius 3 is 1.43 bits per heavy atom. The fourth-order valence-electron chi connectivity index (χ4n) is 0.230. The predicted molar refractivity (Wildman–Crippen MR) is 32.6 cm³/mol. The average molecular weight is 163 g/mol. The molecule has 0 aliphatic rings. The molecule has 0 aromatic rings. The Hall–Kier alpha value is -0.141. The van der Waals surface area contributed by atoms with Gasteiger partial charge in [-0.15, -0.1) is 0 Å². The molecule has 0 fully saturated rings. The monoisotopic (exact) mass is 164 g/mol. The third kappa shape index (κ3) is 5.86. The molecule has 7 heavy (non-hydrogen) atoms. The predicted octanol–water partition coefficient (Wildman–Crippen LogP) is 0.685. The van der Waals surface area contributed by atoms with E-state index in [-0.39, 0.29) is 15.0 Å². The summed E-state index contributed by atoms with van der Waals surface area (Å²) < 4.78 is 1.25. The van der Waals surface area contributed by atoms with Crippen LogP contribution in [0.15, 0.2) is 0 Å². The van der Waals surface area contributed by atoms with Gasteiger partial charge in [-0.1, -0.05) is 0 Å². The van der Waals surface area contributed by atoms with E-state index >= 15 is 0 Å². The van der Waals surface area contributed by atoms with Gasteiger partial charge in [-0.2, -0.15) is 0 Å². The maximum absolute atomic E-state index is 6.91. The third-order valence-corrected chi connectivity index (χ3v) is 1.59. The van der Waals surface area contributed by atoms with Crippen molar-refractivity contribution in [2.45, 2.75) is 13.8 Å². The molecule has 0 saturated carbocycles. The van der Waals surface area contributed by atoms with E-state index in [0.717, 1.165) is 0 Å². The molecule has 0 heterocycles. The zero-order chi connectivity index (χ0) is 5.86. The van der Waals surface area contributed by atoms with E-state index in [9.17, 15) is 0 Å². The summed E-state index contributed by atoms with van der Waals surface area (Å²) in [6, 6.07) is 0. The van der Waals surface area contributed by atoms with Crippen molar-refractivity contribution in [2.75, 3.05) is 0 Å². The van der Waals surface area contributed by atoms with Crippen LogP contribution in [0.25, 0.3) is 0 Å². The number of hydrogen-bond acceptors (Lipinski definition) is 2. The number of rotatable bonds is 2. The number of hydrogen-bond donors (Lipinski definition) is 2. The van der Waals surface area contributed by atoms with Gasteiger partial charge in [0, 0.05) is 0 Å². The van der Waals surface area contributed by atoms with Gasteiger partial charge in [-0.3, -0.25) is 0 Å². The Bertz CT molecular complexity index is 85.9. The maximum atomic E-state index is 6.91. The van der Waals surface area contributed by atoms with Crippen molar-refractivity contribution in [1.29, 1.82) is 10.8 Å². The summed E-state index contributed by atoms with van der Waals surface area (Å²) in [7, 11) is 0. The van der Waals surface area contributed by atoms with Crippen LogP contribution in [-0.2, 0) is 0 Å². The molecule has 0 amide bonds. The molecule has 0 saturated heterocycles. The Labute approximate surface area is 49.5 Å². The zero-order valence-electron chi connectivity index (χ0n) is 4.41. The van der Waals surface area contributed by atoms with Crippen LogP contribution in [0, 0.1) is 10.8 Å². The summed E-state index contributed by atoms with van der Waals surface area (Å²) in [4.78, 5) is 0. The van der Waals surface area contributed by atoms with Crippen LogP contribution in [-0.4, -0.2) is 24.2 Å². The van der Waals surface area contributed by atoms with Gasteiger partial charge in [0.05, 0.1) is 0 Å². The Kier molecular flexibility index (Phi) is 2.88. The first-order chi connectivity index (χ1) is 3.13. The minimum absolute atomic E-state index is 0.0417. The van der Waals surface area contributed by atoms with E-state index in [0.29, 0.717) is 9.22 Å². The molecule has 0 spiro atoms. The van der Waals surface area contributed by atoms with Gasteiger partial charge >= 0.3 is 48.8 Å². The summed E-state index contributed by atoms with van der Waals surface area (Å²) in [6.07, 6.45) is 0. The first-order valence-corrected chi connectivity index (χ1v) is 3.62. The van der Waals surface area contributed by atoms with Crippen molar-refractivity contribution < 1.29 is 0 Å². The van der Waals surface area contributed by atoms with Gasteiger partial charge < -0.3 is 0 Å². The van der Waals surface area contributed by atoms with Gasteiger partial charge in [-0.25, -0.2) is 0 Å². The van der Waals surface area contributed by atoms with Gasteiger partial charge in [0.1, 0.15) is 0 Å². The SMILES string of the molecule is CC(=N)[Se]C(C)=N. The molecule has 2 N–H and O–H groups in total. The van der Waals surface area contributed by atoms with E-state index in [2.05, 4.69) is 0 Å². The molecule has 0 atom stereocenters. The van der Waals surface area contributed by atoms with E-state index in [1.165, 1.54) is 0 Å². The van der Waals surface area contributed by atoms with Crippen LogP contribution in [0.3, 0.4) is 0 Å². The van der Waals surface area contributed by atoms with E-state index in [1.54, 1.807) is 13.8 Å². The van der Waals surface area contributed by atoms with Gasteiger partial charge in [0.25, 0.3) is 0 Å². The van der Waals surface area contributed by atoms with Crippen LogP contribution < -0.4 is 0 Å². The second-order valence-corrected chi connectivity index (χ2v) is 4.21. The molecule has 3 heteroatoms. The van der Waals surface area contributed by atoms with Crippen LogP contribution in [0.2, 0.25) is 0 Å². The van der Waals surface area contributed by atoms with E-state index in [1.807, 2.05) is 0 Å². The minimum atomic E-state index is 0.0417. The van der Waals surface area contributed by atoms with Crippen molar-refractivity contribution in [3.63, 3.8) is 0 Å². The zero-order valence-corrected chi connectivity index (χ0v) is 6.12. The molecular weight excluding hydrogens is 155 g/mol. The average Bonchev–Trinajstić information content (AvgIpc) is 1.27. The molecule has 0 rings (SSSR count). The van der Waals surface area contributed by atoms with Crippen molar-refractivity contribution in [2.24, 2.45) is 0 Å². The fraction of sp³-hybridized carbons (Fsp3) is 0.500. The molecule has 0 radical (unpaired) electrons. The molecule has 40 valence electrons. The standard InChI is InChI=1S/C4H8N2Se/c1-3(5)7-4(2)6/h5-6H,1-2H3. The quantitative estimate of drug-likeness (QED) is 0.444. The van der Waals surface area contributed by atoms with E-state index < -0.39 is 0 Å². The summed E-state index contributed by atoms with van der Waals surface area (Å²) in [6.45, 7) is 3.47. The van der Waals surface area contributed by atoms with Crippen molar-refractivity contribution in [1.82, 2.24) is 0 Å². The molecule has 0 unspecified atom stereocenters. The van der Waals surface area contributed by atoms with Gasteiger partial charge in [0.15, 0.2) is 0 Å². The fourth-order valence-corrected chi connectivity index (χ4v) is 1.19. The van der Waals surface area contributed by atoms with Crippen LogP contribution >= 0.6 is 0 Å². The van der Waals surface area contributed by atoms with Crippen LogP contribution in [0.1, 0.15) is 13.8 Å². The Morgan fingerprint density at radius 1 is 1.14 bits per heavy atom. The van der Waals surface area contributed by atoms with E-state index in [4.69, 9.17) is 10.8 Å². The Morgan fingerprint density at radius 2 is 1.43 bits per heavy atom. The van der Waals surface area contributed by atoms with Crippen molar-refractivity contribution >= 4 is 24.2 Å². The summed E-state index contributed by atoms with van der Waals surface area (Å²) >= 11 is 0.0417. The topological polar surface area (TPSA) is 47.7 Å². The van der Waals surface area contributed by atoms with Crippen molar-refractivity contribution in [3.05, 3.63) is 0 Å². The van der Waals surface area contributed by atoms with Crippen LogP contribution in [0.5, 0.6) is 0 Å². The van der Waals surface area contributed by atoms with Crippen molar-refractivity contribution in [3.8, 4) is 0 Å². The summed E-state index contributed by atoms with van der Waals surface area (Å²) in [5.41, 5.74) is 0. The van der Waals surface area contributed by atoms with Gasteiger partial charge in [-0.05, 0) is 0 Å². The molecule has 0 bridgehead atoms. The summed E-state index contributed by atoms with van der Waals surface area (Å²) in [5, 5.41) is 13.8. The molecule has 0 aliphatic heterocycles. The second-order valence-electron chi connectivity index (χ2n) is 1.21. The molecule has 0 aromatic carbocycles. The summed E-state index contributed by atoms with van der Waals surface area (Å²) in [5.74, 6) is 0.